The van der Waals surface area contributed by atoms with Crippen molar-refractivity contribution in [2.75, 3.05) is 12.4 Å². The number of hydrogen-bond donors (Lipinski definition) is 2. The van der Waals surface area contributed by atoms with E-state index in [0.717, 1.165) is 25.0 Å². The number of nitrogens with one attached hydrogen (secondary N) is 1. The third-order valence-corrected chi connectivity index (χ3v) is 5.59. The average Bonchev–Trinajstić information content (AvgIpc) is 3.07. The van der Waals surface area contributed by atoms with E-state index in [-0.39, 0.29) is 18.7 Å². The summed E-state index contributed by atoms with van der Waals surface area (Å²) >= 11 is 1.52. The fourth-order valence-electron chi connectivity index (χ4n) is 2.98. The number of fused-ring (bicyclic) bond motifs is 1. The van der Waals surface area contributed by atoms with E-state index in [0.29, 0.717) is 16.6 Å². The lowest BCUT2D eigenvalue weighted by Gasteiger charge is -2.15. The molecule has 0 saturated heterocycles. The smallest absolute Gasteiger partial charge is 0.329 e. The van der Waals surface area contributed by atoms with Gasteiger partial charge in [-0.1, -0.05) is 49.7 Å². The fourth-order valence-corrected chi connectivity index (χ4v) is 3.99. The molecule has 0 fully saturated rings. The third-order valence-electron chi connectivity index (χ3n) is 4.53. The van der Waals surface area contributed by atoms with E-state index in [9.17, 15) is 14.7 Å². The van der Waals surface area contributed by atoms with Gasteiger partial charge >= 0.3 is 5.69 Å². The minimum Gasteiger partial charge on any atom is -0.491 e. The van der Waals surface area contributed by atoms with Crippen molar-refractivity contribution in [2.45, 2.75) is 44.0 Å². The van der Waals surface area contributed by atoms with Crippen LogP contribution in [0.25, 0.3) is 11.2 Å². The molecule has 0 amide bonds. The zero-order chi connectivity index (χ0) is 20.8. The van der Waals surface area contributed by atoms with Gasteiger partial charge in [0, 0.05) is 12.8 Å². The van der Waals surface area contributed by atoms with E-state index in [1.807, 2.05) is 30.3 Å². The molecule has 0 aliphatic rings. The number of hydrogen-bond acceptors (Lipinski definition) is 6. The van der Waals surface area contributed by atoms with Gasteiger partial charge in [0.15, 0.2) is 16.3 Å². The summed E-state index contributed by atoms with van der Waals surface area (Å²) in [7, 11) is 1.57. The Kier molecular flexibility index (Phi) is 7.16. The second-order valence-corrected chi connectivity index (χ2v) is 7.89. The summed E-state index contributed by atoms with van der Waals surface area (Å²) in [6, 6.07) is 9.23. The number of para-hydroxylation sites is 1. The molecule has 0 radical (unpaired) electrons. The zero-order valence-electron chi connectivity index (χ0n) is 16.6. The van der Waals surface area contributed by atoms with Gasteiger partial charge in [0.1, 0.15) is 18.5 Å². The Morgan fingerprint density at radius 3 is 2.72 bits per heavy atom. The van der Waals surface area contributed by atoms with Crippen molar-refractivity contribution in [1.82, 2.24) is 19.1 Å². The number of thioether (sulfide) groups is 1. The highest BCUT2D eigenvalue weighted by atomic mass is 32.2. The van der Waals surface area contributed by atoms with Gasteiger partial charge in [-0.2, -0.15) is 0 Å². The quantitative estimate of drug-likeness (QED) is 0.386. The molecule has 0 spiro atoms. The first-order valence-corrected chi connectivity index (χ1v) is 10.7. The standard InChI is InChI=1S/C20H26N4O4S/c1-3-4-8-11-29-20-21-17-16(18(26)22-19(27)23(17)2)24(20)12-14(25)13-28-15-9-6-5-7-10-15/h5-7,9-10,14,25H,3-4,8,11-13H2,1-2H3,(H,22,26,27)/t14-/m0/s1. The molecular weight excluding hydrogens is 392 g/mol. The molecule has 0 unspecified atom stereocenters. The summed E-state index contributed by atoms with van der Waals surface area (Å²) in [5, 5.41) is 11.1. The number of H-pyrrole nitrogens is 1. The SMILES string of the molecule is CCCCCSc1nc2c(c(=O)[nH]c(=O)n2C)n1C[C@H](O)COc1ccccc1. The summed E-state index contributed by atoms with van der Waals surface area (Å²) in [5.74, 6) is 1.51. The number of rotatable bonds is 10. The van der Waals surface area contributed by atoms with Gasteiger partial charge in [0.2, 0.25) is 0 Å². The number of aryl methyl sites for hydroxylation is 1. The molecule has 0 saturated carbocycles. The van der Waals surface area contributed by atoms with Gasteiger partial charge < -0.3 is 14.4 Å². The molecule has 29 heavy (non-hydrogen) atoms. The molecule has 2 heterocycles. The summed E-state index contributed by atoms with van der Waals surface area (Å²) in [6.07, 6.45) is 2.40. The van der Waals surface area contributed by atoms with E-state index >= 15 is 0 Å². The Labute approximate surface area is 172 Å². The van der Waals surface area contributed by atoms with Crippen LogP contribution in [0.15, 0.2) is 45.1 Å². The number of aromatic nitrogens is 4. The van der Waals surface area contributed by atoms with Crippen molar-refractivity contribution in [2.24, 2.45) is 7.05 Å². The van der Waals surface area contributed by atoms with E-state index in [2.05, 4.69) is 16.9 Å². The fraction of sp³-hybridized carbons (Fsp3) is 0.450. The molecule has 1 aromatic carbocycles. The van der Waals surface area contributed by atoms with Crippen LogP contribution in [0.3, 0.4) is 0 Å². The van der Waals surface area contributed by atoms with E-state index in [1.165, 1.54) is 16.3 Å². The first-order chi connectivity index (χ1) is 14.0. The Morgan fingerprint density at radius 1 is 1.24 bits per heavy atom. The highest BCUT2D eigenvalue weighted by molar-refractivity contribution is 7.99. The van der Waals surface area contributed by atoms with Crippen LogP contribution in [-0.4, -0.2) is 42.7 Å². The average molecular weight is 419 g/mol. The molecule has 8 nitrogen and oxygen atoms in total. The van der Waals surface area contributed by atoms with Gasteiger partial charge in [-0.25, -0.2) is 9.78 Å². The number of imidazole rings is 1. The van der Waals surface area contributed by atoms with Crippen LogP contribution in [0.4, 0.5) is 0 Å². The number of nitrogens with zero attached hydrogens (tertiary/aromatic N) is 3. The highest BCUT2D eigenvalue weighted by Crippen LogP contribution is 2.23. The summed E-state index contributed by atoms with van der Waals surface area (Å²) in [6.45, 7) is 2.35. The number of benzene rings is 1. The molecule has 156 valence electrons. The lowest BCUT2D eigenvalue weighted by molar-refractivity contribution is 0.0914. The molecule has 1 atom stereocenters. The van der Waals surface area contributed by atoms with Crippen LogP contribution in [0, 0.1) is 0 Å². The van der Waals surface area contributed by atoms with Gasteiger partial charge in [-0.05, 0) is 18.6 Å². The summed E-state index contributed by atoms with van der Waals surface area (Å²) < 4.78 is 8.62. The van der Waals surface area contributed by atoms with Crippen molar-refractivity contribution >= 4 is 22.9 Å². The molecule has 0 bridgehead atoms. The second kappa shape index (κ2) is 9.80. The molecule has 9 heteroatoms. The number of aliphatic hydroxyl groups excluding tert-OH is 1. The third kappa shape index (κ3) is 5.10. The Hall–Kier alpha value is -2.52. The van der Waals surface area contributed by atoms with E-state index < -0.39 is 17.4 Å². The molecule has 2 aromatic heterocycles. The minimum atomic E-state index is -0.848. The van der Waals surface area contributed by atoms with Crippen molar-refractivity contribution < 1.29 is 9.84 Å². The van der Waals surface area contributed by atoms with Crippen molar-refractivity contribution in [3.8, 4) is 5.75 Å². The maximum Gasteiger partial charge on any atom is 0.329 e. The molecule has 3 aromatic rings. The van der Waals surface area contributed by atoms with Crippen LogP contribution in [0.5, 0.6) is 5.75 Å². The lowest BCUT2D eigenvalue weighted by Crippen LogP contribution is -2.30. The number of aliphatic hydroxyl groups is 1. The van der Waals surface area contributed by atoms with Gasteiger partial charge in [0.05, 0.1) is 6.54 Å². The Morgan fingerprint density at radius 2 is 2.00 bits per heavy atom. The monoisotopic (exact) mass is 418 g/mol. The van der Waals surface area contributed by atoms with Crippen molar-refractivity contribution in [1.29, 1.82) is 0 Å². The molecular formula is C20H26N4O4S. The minimum absolute atomic E-state index is 0.0767. The second-order valence-electron chi connectivity index (χ2n) is 6.83. The van der Waals surface area contributed by atoms with Gasteiger partial charge in [0.25, 0.3) is 5.56 Å². The number of unbranched alkanes of at least 4 members (excludes halogenated alkanes) is 2. The molecule has 0 aliphatic carbocycles. The van der Waals surface area contributed by atoms with Crippen LogP contribution in [0.2, 0.25) is 0 Å². The summed E-state index contributed by atoms with van der Waals surface area (Å²) in [5.41, 5.74) is -0.424. The summed E-state index contributed by atoms with van der Waals surface area (Å²) in [4.78, 5) is 31.2. The first kappa shape index (κ1) is 21.2. The Balaban J connectivity index is 1.85. The van der Waals surface area contributed by atoms with E-state index in [1.54, 1.807) is 11.6 Å². The zero-order valence-corrected chi connectivity index (χ0v) is 17.4. The first-order valence-electron chi connectivity index (χ1n) is 9.69. The number of aromatic amines is 1. The highest BCUT2D eigenvalue weighted by Gasteiger charge is 2.20. The predicted molar refractivity (Wildman–Crippen MR) is 114 cm³/mol. The Bertz CT molecular complexity index is 1060. The topological polar surface area (TPSA) is 102 Å². The largest absolute Gasteiger partial charge is 0.491 e. The van der Waals surface area contributed by atoms with Crippen LogP contribution in [-0.2, 0) is 13.6 Å². The maximum absolute atomic E-state index is 12.5. The van der Waals surface area contributed by atoms with Crippen LogP contribution < -0.4 is 16.0 Å². The predicted octanol–water partition coefficient (Wildman–Crippen LogP) is 2.15. The molecule has 2 N–H and O–H groups in total. The van der Waals surface area contributed by atoms with E-state index in [4.69, 9.17) is 4.74 Å². The van der Waals surface area contributed by atoms with Crippen molar-refractivity contribution in [3.05, 3.63) is 51.2 Å². The van der Waals surface area contributed by atoms with Crippen molar-refractivity contribution in [3.63, 3.8) is 0 Å². The number of ether oxygens (including phenoxy) is 1. The normalized spacial score (nSPS) is 12.4. The van der Waals surface area contributed by atoms with Crippen LogP contribution in [0.1, 0.15) is 26.2 Å². The molecule has 0 aliphatic heterocycles. The lowest BCUT2D eigenvalue weighted by atomic mass is 10.3. The maximum atomic E-state index is 12.5. The van der Waals surface area contributed by atoms with Crippen LogP contribution >= 0.6 is 11.8 Å². The van der Waals surface area contributed by atoms with Gasteiger partial charge in [-0.15, -0.1) is 0 Å². The molecule has 3 rings (SSSR count). The van der Waals surface area contributed by atoms with Gasteiger partial charge in [-0.3, -0.25) is 14.3 Å².